The fourth-order valence-corrected chi connectivity index (χ4v) is 2.35. The van der Waals surface area contributed by atoms with Crippen LogP contribution in [0.15, 0.2) is 29.2 Å². The van der Waals surface area contributed by atoms with Crippen LogP contribution in [-0.2, 0) is 9.84 Å². The van der Waals surface area contributed by atoms with Crippen molar-refractivity contribution in [2.75, 3.05) is 6.26 Å². The lowest BCUT2D eigenvalue weighted by atomic mass is 9.98. The average Bonchev–Trinajstić information content (AvgIpc) is 2.27. The minimum atomic E-state index is -3.26. The van der Waals surface area contributed by atoms with Gasteiger partial charge in [-0.15, -0.1) is 0 Å². The molecule has 0 radical (unpaired) electrons. The third-order valence-electron chi connectivity index (χ3n) is 2.54. The molecule has 19 heavy (non-hydrogen) atoms. The highest BCUT2D eigenvalue weighted by molar-refractivity contribution is 7.90. The zero-order chi connectivity index (χ0) is 14.7. The van der Waals surface area contributed by atoms with Crippen molar-refractivity contribution in [2.45, 2.75) is 36.8 Å². The van der Waals surface area contributed by atoms with E-state index in [1.165, 1.54) is 12.1 Å². The van der Waals surface area contributed by atoms with Gasteiger partial charge in [0.05, 0.1) is 17.1 Å². The minimum absolute atomic E-state index is 0.202. The van der Waals surface area contributed by atoms with Gasteiger partial charge in [0.25, 0.3) is 0 Å². The van der Waals surface area contributed by atoms with Crippen LogP contribution in [0.3, 0.4) is 0 Å². The van der Waals surface area contributed by atoms with Crippen LogP contribution in [0.4, 0.5) is 0 Å². The third kappa shape index (κ3) is 4.89. The van der Waals surface area contributed by atoms with Crippen LogP contribution < -0.4 is 10.5 Å². The van der Waals surface area contributed by atoms with Gasteiger partial charge in [-0.3, -0.25) is 0 Å². The zero-order valence-electron chi connectivity index (χ0n) is 11.3. The van der Waals surface area contributed by atoms with Crippen LogP contribution in [0, 0.1) is 11.3 Å². The van der Waals surface area contributed by atoms with Gasteiger partial charge in [-0.25, -0.2) is 8.42 Å². The highest BCUT2D eigenvalue weighted by Crippen LogP contribution is 2.20. The number of benzene rings is 1. The largest absolute Gasteiger partial charge is 0.491 e. The number of rotatable bonds is 5. The molecule has 0 bridgehead atoms. The van der Waals surface area contributed by atoms with Crippen LogP contribution in [0.25, 0.3) is 0 Å². The normalized spacial score (nSPS) is 16.2. The zero-order valence-corrected chi connectivity index (χ0v) is 12.1. The van der Waals surface area contributed by atoms with Gasteiger partial charge < -0.3 is 10.5 Å². The highest BCUT2D eigenvalue weighted by atomic mass is 32.2. The van der Waals surface area contributed by atoms with Crippen molar-refractivity contribution in [3.8, 4) is 11.8 Å². The molecule has 0 saturated carbocycles. The molecule has 5 nitrogen and oxygen atoms in total. The van der Waals surface area contributed by atoms with E-state index in [1.54, 1.807) is 26.0 Å². The molecule has 6 heteroatoms. The van der Waals surface area contributed by atoms with Crippen LogP contribution in [0.2, 0.25) is 0 Å². The summed E-state index contributed by atoms with van der Waals surface area (Å²) in [5.41, 5.74) is 4.77. The molecule has 0 spiro atoms. The molecule has 0 aliphatic carbocycles. The van der Waals surface area contributed by atoms with E-state index in [0.29, 0.717) is 12.2 Å². The Morgan fingerprint density at radius 2 is 2.16 bits per heavy atom. The maximum Gasteiger partial charge on any atom is 0.175 e. The monoisotopic (exact) mass is 282 g/mol. The van der Waals surface area contributed by atoms with Gasteiger partial charge in [0, 0.05) is 12.7 Å². The van der Waals surface area contributed by atoms with Crippen molar-refractivity contribution in [3.05, 3.63) is 24.3 Å². The second-order valence-corrected chi connectivity index (χ2v) is 6.92. The van der Waals surface area contributed by atoms with Crippen LogP contribution in [0.1, 0.15) is 20.3 Å². The molecule has 1 aromatic carbocycles. The van der Waals surface area contributed by atoms with Gasteiger partial charge in [-0.1, -0.05) is 6.07 Å². The molecule has 2 N–H and O–H groups in total. The lowest BCUT2D eigenvalue weighted by Crippen LogP contribution is -2.38. The fraction of sp³-hybridized carbons (Fsp3) is 0.462. The third-order valence-corrected chi connectivity index (χ3v) is 3.65. The molecule has 2 unspecified atom stereocenters. The van der Waals surface area contributed by atoms with Gasteiger partial charge in [-0.2, -0.15) is 5.26 Å². The lowest BCUT2D eigenvalue weighted by Gasteiger charge is -2.21. The summed E-state index contributed by atoms with van der Waals surface area (Å²) < 4.78 is 28.4. The van der Waals surface area contributed by atoms with Crippen molar-refractivity contribution in [1.82, 2.24) is 0 Å². The van der Waals surface area contributed by atoms with Crippen molar-refractivity contribution in [3.63, 3.8) is 0 Å². The predicted octanol–water partition coefficient (Wildman–Crippen LogP) is 1.49. The first-order valence-corrected chi connectivity index (χ1v) is 7.70. The van der Waals surface area contributed by atoms with E-state index in [2.05, 4.69) is 0 Å². The molecule has 0 fully saturated rings. The van der Waals surface area contributed by atoms with E-state index in [4.69, 9.17) is 15.7 Å². The Kier molecular flexibility index (Phi) is 4.56. The molecule has 0 heterocycles. The lowest BCUT2D eigenvalue weighted by molar-refractivity contribution is 0.191. The maximum atomic E-state index is 11.4. The first-order chi connectivity index (χ1) is 8.64. The first-order valence-electron chi connectivity index (χ1n) is 5.81. The van der Waals surface area contributed by atoms with Crippen molar-refractivity contribution in [2.24, 2.45) is 5.73 Å². The van der Waals surface area contributed by atoms with Crippen LogP contribution in [0.5, 0.6) is 5.75 Å². The van der Waals surface area contributed by atoms with Crippen LogP contribution in [-0.4, -0.2) is 26.3 Å². The number of sulfone groups is 1. The second-order valence-electron chi connectivity index (χ2n) is 4.91. The maximum absolute atomic E-state index is 11.4. The van der Waals surface area contributed by atoms with E-state index in [-0.39, 0.29) is 11.0 Å². The fourth-order valence-electron chi connectivity index (χ4n) is 1.69. The number of nitrogens with two attached hydrogens (primary N) is 1. The minimum Gasteiger partial charge on any atom is -0.491 e. The Hall–Kier alpha value is -1.58. The molecule has 0 aliphatic heterocycles. The highest BCUT2D eigenvalue weighted by Gasteiger charge is 2.22. The van der Waals surface area contributed by atoms with Gasteiger partial charge in [0.15, 0.2) is 9.84 Å². The van der Waals surface area contributed by atoms with E-state index >= 15 is 0 Å². The summed E-state index contributed by atoms with van der Waals surface area (Å²) in [6, 6.07) is 8.26. The van der Waals surface area contributed by atoms with E-state index in [1.807, 2.05) is 6.07 Å². The number of nitrogens with zero attached hydrogens (tertiary/aromatic N) is 1. The van der Waals surface area contributed by atoms with Crippen molar-refractivity contribution < 1.29 is 13.2 Å². The Bertz CT molecular complexity index is 588. The average molecular weight is 282 g/mol. The standard InChI is InChI=1S/C13H18N2O3S/c1-10(8-13(2,15)9-14)18-11-5-4-6-12(7-11)19(3,16)17/h4-7,10H,8,15H2,1-3H3. The summed E-state index contributed by atoms with van der Waals surface area (Å²) in [4.78, 5) is 0.202. The quantitative estimate of drug-likeness (QED) is 0.883. The van der Waals surface area contributed by atoms with E-state index in [9.17, 15) is 8.42 Å². The Balaban J connectivity index is 2.82. The SMILES string of the molecule is CC(CC(C)(N)C#N)Oc1cccc(S(C)(=O)=O)c1. The summed E-state index contributed by atoms with van der Waals surface area (Å²) >= 11 is 0. The molecule has 0 amide bonds. The summed E-state index contributed by atoms with van der Waals surface area (Å²) in [5.74, 6) is 0.448. The molecular weight excluding hydrogens is 264 g/mol. The molecular formula is C13H18N2O3S. The smallest absolute Gasteiger partial charge is 0.175 e. The molecule has 104 valence electrons. The Morgan fingerprint density at radius 1 is 1.53 bits per heavy atom. The molecule has 1 aromatic rings. The molecule has 0 saturated heterocycles. The Labute approximate surface area is 113 Å². The van der Waals surface area contributed by atoms with Gasteiger partial charge in [0.1, 0.15) is 11.3 Å². The van der Waals surface area contributed by atoms with Gasteiger partial charge in [0.2, 0.25) is 0 Å². The molecule has 2 atom stereocenters. The second kappa shape index (κ2) is 5.59. The molecule has 0 aliphatic rings. The number of ether oxygens (including phenoxy) is 1. The molecule has 1 rings (SSSR count). The predicted molar refractivity (Wildman–Crippen MR) is 72.5 cm³/mol. The Morgan fingerprint density at radius 3 is 2.68 bits per heavy atom. The number of hydrogen-bond acceptors (Lipinski definition) is 5. The van der Waals surface area contributed by atoms with Gasteiger partial charge >= 0.3 is 0 Å². The van der Waals surface area contributed by atoms with E-state index in [0.717, 1.165) is 6.26 Å². The summed E-state index contributed by atoms with van der Waals surface area (Å²) in [5, 5.41) is 8.85. The van der Waals surface area contributed by atoms with Crippen molar-refractivity contribution in [1.29, 1.82) is 5.26 Å². The summed E-state index contributed by atoms with van der Waals surface area (Å²) in [6.07, 6.45) is 1.21. The topological polar surface area (TPSA) is 93.2 Å². The van der Waals surface area contributed by atoms with E-state index < -0.39 is 15.4 Å². The molecule has 0 aromatic heterocycles. The number of hydrogen-bond donors (Lipinski definition) is 1. The first kappa shape index (κ1) is 15.5. The summed E-state index contributed by atoms with van der Waals surface area (Å²) in [6.45, 7) is 3.41. The van der Waals surface area contributed by atoms with Gasteiger partial charge in [-0.05, 0) is 32.0 Å². The van der Waals surface area contributed by atoms with Crippen LogP contribution >= 0.6 is 0 Å². The summed E-state index contributed by atoms with van der Waals surface area (Å²) in [7, 11) is -3.26. The van der Waals surface area contributed by atoms with Crippen molar-refractivity contribution >= 4 is 9.84 Å². The number of nitriles is 1.